The third kappa shape index (κ3) is 3.22. The summed E-state index contributed by atoms with van der Waals surface area (Å²) >= 11 is 0. The molecule has 39 heavy (non-hydrogen) atoms. The van der Waals surface area contributed by atoms with Gasteiger partial charge in [-0.2, -0.15) is 0 Å². The van der Waals surface area contributed by atoms with Crippen LogP contribution in [0.25, 0.3) is 59.4 Å². The lowest BCUT2D eigenvalue weighted by atomic mass is 9.81. The molecule has 1 aliphatic carbocycles. The number of Topliss-reactive ketones (excluding diaryl/α,β-unsaturated/α-hetero) is 2. The van der Waals surface area contributed by atoms with Gasteiger partial charge >= 0.3 is 0 Å². The molecule has 2 nitrogen and oxygen atoms in total. The van der Waals surface area contributed by atoms with Crippen molar-refractivity contribution in [3.63, 3.8) is 0 Å². The van der Waals surface area contributed by atoms with Gasteiger partial charge in [-0.1, -0.05) is 72.8 Å². The number of rotatable bonds is 1. The minimum atomic E-state index is -0.0896. The van der Waals surface area contributed by atoms with Crippen LogP contribution in [0.4, 0.5) is 0 Å². The molecule has 0 saturated heterocycles. The van der Waals surface area contributed by atoms with Gasteiger partial charge in [-0.05, 0) is 109 Å². The SMILES string of the molecule is CC1=C(c2ccc3cc4c(ccc5cc6cc7ccccc7cc6cc54)cc3c2)C(=O)c2ccccc2C1=O. The number of fused-ring (bicyclic) bond motifs is 7. The predicted molar refractivity (Wildman–Crippen MR) is 162 cm³/mol. The molecule has 0 spiro atoms. The molecule has 0 unspecified atom stereocenters. The molecule has 0 N–H and O–H groups in total. The van der Waals surface area contributed by atoms with E-state index in [4.69, 9.17) is 0 Å². The van der Waals surface area contributed by atoms with E-state index >= 15 is 0 Å². The molecular weight excluding hydrogens is 476 g/mol. The van der Waals surface area contributed by atoms with Gasteiger partial charge in [0.2, 0.25) is 0 Å². The van der Waals surface area contributed by atoms with Crippen LogP contribution in [0, 0.1) is 0 Å². The van der Waals surface area contributed by atoms with Crippen LogP contribution >= 0.6 is 0 Å². The van der Waals surface area contributed by atoms with Crippen molar-refractivity contribution >= 4 is 71.0 Å². The Hall–Kier alpha value is -5.08. The molecule has 0 atom stereocenters. The molecule has 0 aromatic heterocycles. The predicted octanol–water partition coefficient (Wildman–Crippen LogP) is 9.31. The average Bonchev–Trinajstić information content (AvgIpc) is 2.97. The zero-order valence-electron chi connectivity index (χ0n) is 21.3. The van der Waals surface area contributed by atoms with Crippen molar-refractivity contribution in [1.82, 2.24) is 0 Å². The molecule has 0 amide bonds. The lowest BCUT2D eigenvalue weighted by Gasteiger charge is -2.19. The first-order valence-electron chi connectivity index (χ1n) is 13.2. The zero-order valence-corrected chi connectivity index (χ0v) is 21.3. The maximum atomic E-state index is 13.4. The van der Waals surface area contributed by atoms with Gasteiger partial charge in [0.1, 0.15) is 0 Å². The van der Waals surface area contributed by atoms with E-state index in [-0.39, 0.29) is 11.6 Å². The van der Waals surface area contributed by atoms with E-state index in [1.54, 1.807) is 25.1 Å². The Balaban J connectivity index is 1.31. The standard InChI is InChI=1S/C37H22O2/c1-21-35(37(39)32-9-5-4-8-31(32)36(21)38)27-13-10-24-19-33-25(16-28(24)18-27)11-12-26-17-29-14-22-6-2-3-7-23(22)15-30(29)20-34(26)33/h2-20H,1H3. The molecule has 182 valence electrons. The smallest absolute Gasteiger partial charge is 0.194 e. The second-order valence-electron chi connectivity index (χ2n) is 10.5. The number of hydrogen-bond donors (Lipinski definition) is 0. The second-order valence-corrected chi connectivity index (χ2v) is 10.5. The summed E-state index contributed by atoms with van der Waals surface area (Å²) in [4.78, 5) is 26.5. The Morgan fingerprint density at radius 1 is 0.410 bits per heavy atom. The van der Waals surface area contributed by atoms with E-state index < -0.39 is 0 Å². The molecule has 0 saturated carbocycles. The Labute approximate surface area is 224 Å². The van der Waals surface area contributed by atoms with Crippen molar-refractivity contribution in [2.45, 2.75) is 6.92 Å². The number of ketones is 2. The van der Waals surface area contributed by atoms with E-state index in [2.05, 4.69) is 78.9 Å². The Morgan fingerprint density at radius 2 is 0.872 bits per heavy atom. The number of benzene rings is 7. The number of allylic oxidation sites excluding steroid dienone is 2. The van der Waals surface area contributed by atoms with Crippen molar-refractivity contribution in [3.05, 3.63) is 138 Å². The normalized spacial score (nSPS) is 13.8. The van der Waals surface area contributed by atoms with Gasteiger partial charge in [-0.15, -0.1) is 0 Å². The lowest BCUT2D eigenvalue weighted by Crippen LogP contribution is -2.20. The van der Waals surface area contributed by atoms with Gasteiger partial charge in [-0.3, -0.25) is 9.59 Å². The van der Waals surface area contributed by atoms with Crippen molar-refractivity contribution in [2.75, 3.05) is 0 Å². The van der Waals surface area contributed by atoms with Gasteiger partial charge in [0.15, 0.2) is 11.6 Å². The van der Waals surface area contributed by atoms with Crippen LogP contribution in [-0.2, 0) is 0 Å². The third-order valence-corrected chi connectivity index (χ3v) is 8.26. The second kappa shape index (κ2) is 7.96. The summed E-state index contributed by atoms with van der Waals surface area (Å²) in [6.45, 7) is 1.76. The molecule has 0 aliphatic heterocycles. The van der Waals surface area contributed by atoms with Crippen LogP contribution in [-0.4, -0.2) is 11.6 Å². The Kier molecular flexibility index (Phi) is 4.48. The van der Waals surface area contributed by atoms with E-state index in [1.165, 1.54) is 37.7 Å². The summed E-state index contributed by atoms with van der Waals surface area (Å²) in [5, 5.41) is 11.9. The zero-order chi connectivity index (χ0) is 26.2. The van der Waals surface area contributed by atoms with E-state index in [9.17, 15) is 9.59 Å². The topological polar surface area (TPSA) is 34.1 Å². The summed E-state index contributed by atoms with van der Waals surface area (Å²) in [6.07, 6.45) is 0. The maximum Gasteiger partial charge on any atom is 0.194 e. The monoisotopic (exact) mass is 498 g/mol. The highest BCUT2D eigenvalue weighted by atomic mass is 16.1. The highest BCUT2D eigenvalue weighted by molar-refractivity contribution is 6.40. The van der Waals surface area contributed by atoms with Crippen molar-refractivity contribution in [1.29, 1.82) is 0 Å². The van der Waals surface area contributed by atoms with Gasteiger partial charge in [0.05, 0.1) is 0 Å². The summed E-state index contributed by atoms with van der Waals surface area (Å²) < 4.78 is 0. The van der Waals surface area contributed by atoms with Crippen LogP contribution in [0.3, 0.4) is 0 Å². The van der Waals surface area contributed by atoms with Gasteiger partial charge in [-0.25, -0.2) is 0 Å². The number of carbonyl (C=O) groups excluding carboxylic acids is 2. The molecule has 8 rings (SSSR count). The first-order valence-corrected chi connectivity index (χ1v) is 13.2. The molecule has 2 heteroatoms. The maximum absolute atomic E-state index is 13.4. The Bertz CT molecular complexity index is 2270. The van der Waals surface area contributed by atoms with E-state index in [0.29, 0.717) is 22.3 Å². The van der Waals surface area contributed by atoms with E-state index in [1.807, 2.05) is 18.2 Å². The fraction of sp³-hybridized carbons (Fsp3) is 0.0270. The highest BCUT2D eigenvalue weighted by Gasteiger charge is 2.30. The number of carbonyl (C=O) groups is 2. The highest BCUT2D eigenvalue weighted by Crippen LogP contribution is 2.37. The van der Waals surface area contributed by atoms with Gasteiger partial charge in [0.25, 0.3) is 0 Å². The van der Waals surface area contributed by atoms with Crippen molar-refractivity contribution in [2.24, 2.45) is 0 Å². The summed E-state index contributed by atoms with van der Waals surface area (Å²) in [5.41, 5.74) is 2.75. The van der Waals surface area contributed by atoms with Crippen LogP contribution in [0.2, 0.25) is 0 Å². The third-order valence-electron chi connectivity index (χ3n) is 8.26. The van der Waals surface area contributed by atoms with Crippen LogP contribution < -0.4 is 0 Å². The van der Waals surface area contributed by atoms with Crippen molar-refractivity contribution in [3.8, 4) is 0 Å². The molecule has 7 aromatic rings. The van der Waals surface area contributed by atoms with Crippen LogP contribution in [0.5, 0.6) is 0 Å². The summed E-state index contributed by atoms with van der Waals surface area (Å²) in [5.74, 6) is -0.168. The fourth-order valence-corrected chi connectivity index (χ4v) is 6.25. The fourth-order valence-electron chi connectivity index (χ4n) is 6.25. The first kappa shape index (κ1) is 22.0. The summed E-state index contributed by atoms with van der Waals surface area (Å²) in [7, 11) is 0. The minimum absolute atomic E-state index is 0.0784. The van der Waals surface area contributed by atoms with Crippen LogP contribution in [0.1, 0.15) is 33.2 Å². The molecule has 0 bridgehead atoms. The molecular formula is C37H22O2. The molecule has 1 aliphatic rings. The quantitative estimate of drug-likeness (QED) is 0.167. The summed E-state index contributed by atoms with van der Waals surface area (Å²) in [6, 6.07) is 39.6. The first-order chi connectivity index (χ1) is 19.0. The largest absolute Gasteiger partial charge is 0.289 e. The molecule has 0 fully saturated rings. The van der Waals surface area contributed by atoms with E-state index in [0.717, 1.165) is 21.7 Å². The van der Waals surface area contributed by atoms with Crippen LogP contribution in [0.15, 0.2) is 121 Å². The minimum Gasteiger partial charge on any atom is -0.289 e. The van der Waals surface area contributed by atoms with Gasteiger partial charge in [0, 0.05) is 22.3 Å². The molecule has 0 heterocycles. The Morgan fingerprint density at radius 3 is 1.54 bits per heavy atom. The van der Waals surface area contributed by atoms with Gasteiger partial charge < -0.3 is 0 Å². The molecule has 0 radical (unpaired) electrons. The average molecular weight is 499 g/mol. The molecule has 7 aromatic carbocycles. The number of hydrogen-bond acceptors (Lipinski definition) is 2. The lowest BCUT2D eigenvalue weighted by molar-refractivity contribution is 0.0992. The van der Waals surface area contributed by atoms with Crippen molar-refractivity contribution < 1.29 is 9.59 Å².